The third-order valence-electron chi connectivity index (χ3n) is 3.55. The molecule has 1 aliphatic heterocycles. The third kappa shape index (κ3) is 3.15. The van der Waals surface area contributed by atoms with Gasteiger partial charge in [-0.25, -0.2) is 4.79 Å². The maximum atomic E-state index is 11.9. The molecule has 0 fully saturated rings. The average Bonchev–Trinajstić information content (AvgIpc) is 2.46. The molecule has 1 aliphatic rings. The lowest BCUT2D eigenvalue weighted by Crippen LogP contribution is -2.36. The number of fused-ring (bicyclic) bond motifs is 1. The van der Waals surface area contributed by atoms with Gasteiger partial charge in [0.05, 0.1) is 19.4 Å². The van der Waals surface area contributed by atoms with Crippen molar-refractivity contribution in [2.75, 3.05) is 26.0 Å². The molecule has 110 valence electrons. The van der Waals surface area contributed by atoms with E-state index in [9.17, 15) is 4.79 Å². The summed E-state index contributed by atoms with van der Waals surface area (Å²) in [6, 6.07) is 3.85. The lowest BCUT2D eigenvalue weighted by Gasteiger charge is -2.28. The zero-order valence-electron chi connectivity index (χ0n) is 12.1. The third-order valence-corrected chi connectivity index (χ3v) is 3.55. The molecule has 0 saturated heterocycles. The Morgan fingerprint density at radius 3 is 2.90 bits per heavy atom. The summed E-state index contributed by atoms with van der Waals surface area (Å²) in [7, 11) is 1.61. The second-order valence-electron chi connectivity index (χ2n) is 5.00. The van der Waals surface area contributed by atoms with Gasteiger partial charge in [0.2, 0.25) is 0 Å². The number of anilines is 1. The van der Waals surface area contributed by atoms with E-state index in [2.05, 4.69) is 6.92 Å². The van der Waals surface area contributed by atoms with Crippen molar-refractivity contribution in [3.63, 3.8) is 0 Å². The Hall–Kier alpha value is -1.91. The van der Waals surface area contributed by atoms with Gasteiger partial charge in [0, 0.05) is 13.1 Å². The maximum absolute atomic E-state index is 11.9. The highest BCUT2D eigenvalue weighted by atomic mass is 16.6. The van der Waals surface area contributed by atoms with Crippen molar-refractivity contribution >= 4 is 11.8 Å². The van der Waals surface area contributed by atoms with Gasteiger partial charge < -0.3 is 20.1 Å². The average molecular weight is 278 g/mol. The van der Waals surface area contributed by atoms with Crippen molar-refractivity contribution in [1.82, 2.24) is 4.90 Å². The van der Waals surface area contributed by atoms with Crippen molar-refractivity contribution in [3.8, 4) is 5.75 Å². The first-order chi connectivity index (χ1) is 9.65. The van der Waals surface area contributed by atoms with Crippen molar-refractivity contribution in [1.29, 1.82) is 0 Å². The van der Waals surface area contributed by atoms with Crippen LogP contribution in [-0.2, 0) is 17.7 Å². The minimum absolute atomic E-state index is 0.238. The van der Waals surface area contributed by atoms with Crippen molar-refractivity contribution in [2.45, 2.75) is 32.7 Å². The van der Waals surface area contributed by atoms with E-state index in [4.69, 9.17) is 15.2 Å². The summed E-state index contributed by atoms with van der Waals surface area (Å²) in [5, 5.41) is 0. The molecule has 5 heteroatoms. The summed E-state index contributed by atoms with van der Waals surface area (Å²) in [4.78, 5) is 13.7. The van der Waals surface area contributed by atoms with E-state index in [1.54, 1.807) is 12.0 Å². The van der Waals surface area contributed by atoms with E-state index in [1.807, 2.05) is 12.1 Å². The molecule has 0 saturated carbocycles. The number of amides is 1. The Balaban J connectivity index is 2.03. The highest BCUT2D eigenvalue weighted by Gasteiger charge is 2.22. The molecule has 1 aromatic rings. The highest BCUT2D eigenvalue weighted by molar-refractivity contribution is 5.68. The Labute approximate surface area is 119 Å². The molecule has 1 heterocycles. The number of nitrogen functional groups attached to an aromatic ring is 1. The topological polar surface area (TPSA) is 64.8 Å². The van der Waals surface area contributed by atoms with Gasteiger partial charge in [-0.05, 0) is 36.1 Å². The molecule has 0 atom stereocenters. The highest BCUT2D eigenvalue weighted by Crippen LogP contribution is 2.29. The summed E-state index contributed by atoms with van der Waals surface area (Å²) in [6.45, 7) is 3.78. The number of nitrogens with zero attached hydrogens (tertiary/aromatic N) is 1. The van der Waals surface area contributed by atoms with E-state index in [0.29, 0.717) is 31.1 Å². The van der Waals surface area contributed by atoms with E-state index in [1.165, 1.54) is 5.56 Å². The van der Waals surface area contributed by atoms with E-state index in [-0.39, 0.29) is 6.09 Å². The molecule has 0 unspecified atom stereocenters. The lowest BCUT2D eigenvalue weighted by atomic mass is 9.99. The van der Waals surface area contributed by atoms with Crippen LogP contribution in [0.4, 0.5) is 10.5 Å². The molecule has 0 spiro atoms. The summed E-state index contributed by atoms with van der Waals surface area (Å²) in [5.41, 5.74) is 8.78. The lowest BCUT2D eigenvalue weighted by molar-refractivity contribution is 0.0966. The van der Waals surface area contributed by atoms with Crippen molar-refractivity contribution < 1.29 is 14.3 Å². The van der Waals surface area contributed by atoms with Crippen LogP contribution < -0.4 is 10.5 Å². The van der Waals surface area contributed by atoms with Gasteiger partial charge in [0.1, 0.15) is 5.75 Å². The summed E-state index contributed by atoms with van der Waals surface area (Å²) in [6.07, 6.45) is 2.49. The summed E-state index contributed by atoms with van der Waals surface area (Å²) < 4.78 is 10.5. The van der Waals surface area contributed by atoms with Crippen LogP contribution in [0.3, 0.4) is 0 Å². The van der Waals surface area contributed by atoms with Crippen molar-refractivity contribution in [2.24, 2.45) is 0 Å². The Kier molecular flexibility index (Phi) is 4.71. The van der Waals surface area contributed by atoms with Gasteiger partial charge >= 0.3 is 6.09 Å². The Bertz CT molecular complexity index is 488. The Morgan fingerprint density at radius 2 is 2.20 bits per heavy atom. The Morgan fingerprint density at radius 1 is 1.40 bits per heavy atom. The number of carbonyl (C=O) groups is 1. The number of benzene rings is 1. The maximum Gasteiger partial charge on any atom is 0.410 e. The number of carbonyl (C=O) groups excluding carboxylic acids is 1. The number of hydrogen-bond acceptors (Lipinski definition) is 4. The van der Waals surface area contributed by atoms with Crippen molar-refractivity contribution in [3.05, 3.63) is 23.3 Å². The molecule has 0 radical (unpaired) electrons. The van der Waals surface area contributed by atoms with Crippen LogP contribution >= 0.6 is 0 Å². The molecular weight excluding hydrogens is 256 g/mol. The SMILES string of the molecule is CCCCOC(=O)N1CCc2cc(OC)c(N)cc2C1. The van der Waals surface area contributed by atoms with Gasteiger partial charge in [-0.1, -0.05) is 13.3 Å². The molecule has 0 aliphatic carbocycles. The van der Waals surface area contributed by atoms with Crippen LogP contribution in [-0.4, -0.2) is 31.3 Å². The minimum Gasteiger partial charge on any atom is -0.495 e. The first kappa shape index (κ1) is 14.5. The van der Waals surface area contributed by atoms with E-state index >= 15 is 0 Å². The fourth-order valence-electron chi connectivity index (χ4n) is 2.33. The molecule has 2 rings (SSSR count). The van der Waals surface area contributed by atoms with Crippen LogP contribution in [0.2, 0.25) is 0 Å². The predicted molar refractivity (Wildman–Crippen MR) is 77.8 cm³/mol. The van der Waals surface area contributed by atoms with Gasteiger partial charge in [-0.3, -0.25) is 0 Å². The number of ether oxygens (including phenoxy) is 2. The molecule has 1 aromatic carbocycles. The molecule has 0 aromatic heterocycles. The van der Waals surface area contributed by atoms with Gasteiger partial charge in [-0.15, -0.1) is 0 Å². The van der Waals surface area contributed by atoms with Crippen LogP contribution in [0.5, 0.6) is 5.75 Å². The van der Waals surface area contributed by atoms with E-state index in [0.717, 1.165) is 24.8 Å². The second kappa shape index (κ2) is 6.50. The van der Waals surface area contributed by atoms with Gasteiger partial charge in [0.25, 0.3) is 0 Å². The van der Waals surface area contributed by atoms with Crippen LogP contribution in [0.25, 0.3) is 0 Å². The first-order valence-corrected chi connectivity index (χ1v) is 7.02. The van der Waals surface area contributed by atoms with Gasteiger partial charge in [-0.2, -0.15) is 0 Å². The summed E-state index contributed by atoms with van der Waals surface area (Å²) in [5.74, 6) is 0.697. The molecule has 5 nitrogen and oxygen atoms in total. The number of unbranched alkanes of at least 4 members (excludes halogenated alkanes) is 1. The number of nitrogens with two attached hydrogens (primary N) is 1. The standard InChI is InChI=1S/C15H22N2O3/c1-3-4-7-20-15(18)17-6-5-11-9-14(19-2)13(16)8-12(11)10-17/h8-9H,3-7,10,16H2,1-2H3. The molecular formula is C15H22N2O3. The predicted octanol–water partition coefficient (Wildman–Crippen LogP) is 2.57. The van der Waals surface area contributed by atoms with Gasteiger partial charge in [0.15, 0.2) is 0 Å². The zero-order valence-corrected chi connectivity index (χ0v) is 12.1. The normalized spacial score (nSPS) is 13.8. The zero-order chi connectivity index (χ0) is 14.5. The largest absolute Gasteiger partial charge is 0.495 e. The molecule has 2 N–H and O–H groups in total. The fourth-order valence-corrected chi connectivity index (χ4v) is 2.33. The van der Waals surface area contributed by atoms with Crippen LogP contribution in [0, 0.1) is 0 Å². The number of hydrogen-bond donors (Lipinski definition) is 1. The smallest absolute Gasteiger partial charge is 0.410 e. The molecule has 20 heavy (non-hydrogen) atoms. The quantitative estimate of drug-likeness (QED) is 0.679. The fraction of sp³-hybridized carbons (Fsp3) is 0.533. The molecule has 1 amide bonds. The first-order valence-electron chi connectivity index (χ1n) is 7.02. The van der Waals surface area contributed by atoms with E-state index < -0.39 is 0 Å². The van der Waals surface area contributed by atoms with Crippen LogP contribution in [0.1, 0.15) is 30.9 Å². The van der Waals surface area contributed by atoms with Crippen LogP contribution in [0.15, 0.2) is 12.1 Å². The molecule has 0 bridgehead atoms. The second-order valence-corrected chi connectivity index (χ2v) is 5.00. The monoisotopic (exact) mass is 278 g/mol. The minimum atomic E-state index is -0.238. The summed E-state index contributed by atoms with van der Waals surface area (Å²) >= 11 is 0. The number of methoxy groups -OCH3 is 1. The number of rotatable bonds is 4.